The number of hydrogen-bond donors (Lipinski definition) is 4. The van der Waals surface area contributed by atoms with Crippen molar-refractivity contribution < 1.29 is 12.8 Å². The van der Waals surface area contributed by atoms with Crippen LogP contribution >= 0.6 is 0 Å². The molecule has 5 rings (SSSR count). The molecule has 3 unspecified atom stereocenters. The van der Waals surface area contributed by atoms with Crippen LogP contribution < -0.4 is 25.8 Å². The Balaban J connectivity index is 1.44. The second-order valence-electron chi connectivity index (χ2n) is 8.62. The number of benzene rings is 1. The molecular formula is C21H28FN7O2S. The van der Waals surface area contributed by atoms with Crippen LogP contribution in [0.15, 0.2) is 29.3 Å². The highest BCUT2D eigenvalue weighted by molar-refractivity contribution is 7.89. The van der Waals surface area contributed by atoms with Crippen LogP contribution in [0.25, 0.3) is 0 Å². The lowest BCUT2D eigenvalue weighted by atomic mass is 9.80. The molecule has 3 aliphatic rings. The van der Waals surface area contributed by atoms with E-state index in [1.165, 1.54) is 6.20 Å². The summed E-state index contributed by atoms with van der Waals surface area (Å²) in [6.45, 7) is 3.92. The summed E-state index contributed by atoms with van der Waals surface area (Å²) in [6, 6.07) is 5.66. The smallest absolute Gasteiger partial charge is 0.241 e. The van der Waals surface area contributed by atoms with E-state index in [9.17, 15) is 12.8 Å². The zero-order chi connectivity index (χ0) is 22.3. The van der Waals surface area contributed by atoms with Crippen LogP contribution in [-0.2, 0) is 16.6 Å². The van der Waals surface area contributed by atoms with Crippen molar-refractivity contribution in [1.29, 1.82) is 0 Å². The first-order valence-corrected chi connectivity index (χ1v) is 12.6. The molecule has 0 spiro atoms. The third-order valence-corrected chi connectivity index (χ3v) is 8.06. The highest BCUT2D eigenvalue weighted by atomic mass is 32.2. The van der Waals surface area contributed by atoms with Crippen LogP contribution in [0.1, 0.15) is 38.2 Å². The van der Waals surface area contributed by atoms with E-state index in [-0.39, 0.29) is 29.2 Å². The Kier molecular flexibility index (Phi) is 5.74. The normalized spacial score (nSPS) is 25.9. The maximum atomic E-state index is 14.9. The number of anilines is 3. The Labute approximate surface area is 187 Å². The molecule has 2 fully saturated rings. The Morgan fingerprint density at radius 2 is 2.19 bits per heavy atom. The van der Waals surface area contributed by atoms with Gasteiger partial charge in [-0.15, -0.1) is 0 Å². The van der Waals surface area contributed by atoms with Crippen LogP contribution in [0.4, 0.5) is 21.8 Å². The second-order valence-corrected chi connectivity index (χ2v) is 10.4. The van der Waals surface area contributed by atoms with Gasteiger partial charge in [0.2, 0.25) is 16.0 Å². The predicted octanol–water partition coefficient (Wildman–Crippen LogP) is 2.01. The molecule has 32 heavy (non-hydrogen) atoms. The maximum Gasteiger partial charge on any atom is 0.241 e. The molecule has 3 heterocycles. The lowest BCUT2D eigenvalue weighted by Gasteiger charge is -2.41. The van der Waals surface area contributed by atoms with E-state index in [2.05, 4.69) is 42.7 Å². The molecule has 1 aromatic carbocycles. The van der Waals surface area contributed by atoms with E-state index in [4.69, 9.17) is 0 Å². The summed E-state index contributed by atoms with van der Waals surface area (Å²) in [5, 5.41) is 3.05. The van der Waals surface area contributed by atoms with Crippen LogP contribution in [0.3, 0.4) is 0 Å². The minimum absolute atomic E-state index is 0.185. The van der Waals surface area contributed by atoms with E-state index >= 15 is 0 Å². The number of rotatable bonds is 6. The zero-order valence-corrected chi connectivity index (χ0v) is 18.8. The average Bonchev–Trinajstić information content (AvgIpc) is 3.38. The Hall–Kier alpha value is -2.34. The van der Waals surface area contributed by atoms with Crippen molar-refractivity contribution in [3.05, 3.63) is 35.8 Å². The fourth-order valence-corrected chi connectivity index (χ4v) is 6.36. The topological polar surface area (TPSA) is 111 Å². The summed E-state index contributed by atoms with van der Waals surface area (Å²) in [5.41, 5.74) is 7.87. The van der Waals surface area contributed by atoms with Crippen molar-refractivity contribution in [2.75, 3.05) is 23.3 Å². The molecule has 1 aliphatic carbocycles. The molecule has 3 atom stereocenters. The van der Waals surface area contributed by atoms with Gasteiger partial charge in [-0.3, -0.25) is 10.9 Å². The van der Waals surface area contributed by atoms with Crippen LogP contribution in [-0.4, -0.2) is 43.6 Å². The zero-order valence-electron chi connectivity index (χ0n) is 17.9. The SMILES string of the molecule is CCCN(c1nc(Nc2ccc3c(c2)S(=O)(=O)NC3)ncc1F)C1CCCC2NNCC21. The summed E-state index contributed by atoms with van der Waals surface area (Å²) >= 11 is 0. The second kappa shape index (κ2) is 8.54. The number of fused-ring (bicyclic) bond motifs is 2. The number of sulfonamides is 1. The molecular weight excluding hydrogens is 433 g/mol. The largest absolute Gasteiger partial charge is 0.351 e. The highest BCUT2D eigenvalue weighted by Gasteiger charge is 2.40. The first-order chi connectivity index (χ1) is 15.5. The third-order valence-electron chi connectivity index (χ3n) is 6.58. The van der Waals surface area contributed by atoms with Gasteiger partial charge in [-0.05, 0) is 43.4 Å². The lowest BCUT2D eigenvalue weighted by molar-refractivity contribution is 0.277. The predicted molar refractivity (Wildman–Crippen MR) is 119 cm³/mol. The van der Waals surface area contributed by atoms with E-state index < -0.39 is 15.8 Å². The number of hydrogen-bond acceptors (Lipinski definition) is 8. The standard InChI is InChI=1S/C21H28FN7O2S/c1-2-8-29(18-5-3-4-17-15(18)11-24-28-17)20-16(22)12-23-21(27-20)26-14-7-6-13-10-25-32(30,31)19(13)9-14/h6-7,9,12,15,17-18,24-25,28H,2-5,8,10-11H2,1H3,(H,23,26,27). The van der Waals surface area contributed by atoms with Crippen LogP contribution in [0.2, 0.25) is 0 Å². The molecule has 1 saturated carbocycles. The van der Waals surface area contributed by atoms with Gasteiger partial charge >= 0.3 is 0 Å². The number of nitrogens with zero attached hydrogens (tertiary/aromatic N) is 3. The van der Waals surface area contributed by atoms with E-state index in [1.54, 1.807) is 18.2 Å². The number of nitrogens with one attached hydrogen (secondary N) is 4. The fourth-order valence-electron chi connectivity index (χ4n) is 5.09. The molecule has 1 saturated heterocycles. The minimum atomic E-state index is -3.49. The molecule has 2 aliphatic heterocycles. The monoisotopic (exact) mass is 461 g/mol. The molecule has 9 nitrogen and oxygen atoms in total. The highest BCUT2D eigenvalue weighted by Crippen LogP contribution is 2.34. The lowest BCUT2D eigenvalue weighted by Crippen LogP contribution is -2.49. The number of halogens is 1. The van der Waals surface area contributed by atoms with E-state index in [0.29, 0.717) is 24.2 Å². The summed E-state index contributed by atoms with van der Waals surface area (Å²) in [4.78, 5) is 11.0. The molecule has 2 aromatic rings. The van der Waals surface area contributed by atoms with Gasteiger partial charge < -0.3 is 10.2 Å². The van der Waals surface area contributed by atoms with Gasteiger partial charge in [-0.1, -0.05) is 13.0 Å². The molecule has 11 heteroatoms. The maximum absolute atomic E-state index is 14.9. The quantitative estimate of drug-likeness (QED) is 0.517. The van der Waals surface area contributed by atoms with E-state index in [0.717, 1.165) is 37.8 Å². The molecule has 1 aromatic heterocycles. The van der Waals surface area contributed by atoms with Gasteiger partial charge in [0.15, 0.2) is 11.6 Å². The molecule has 4 N–H and O–H groups in total. The van der Waals surface area contributed by atoms with Gasteiger partial charge in [0.1, 0.15) is 0 Å². The van der Waals surface area contributed by atoms with Crippen molar-refractivity contribution in [2.45, 2.75) is 56.1 Å². The summed E-state index contributed by atoms with van der Waals surface area (Å²) in [7, 11) is -3.49. The minimum Gasteiger partial charge on any atom is -0.351 e. The molecule has 0 radical (unpaired) electrons. The molecule has 0 amide bonds. The van der Waals surface area contributed by atoms with Crippen molar-refractivity contribution in [3.8, 4) is 0 Å². The summed E-state index contributed by atoms with van der Waals surface area (Å²) in [6.07, 6.45) is 5.24. The van der Waals surface area contributed by atoms with Gasteiger partial charge in [0.25, 0.3) is 0 Å². The average molecular weight is 462 g/mol. The van der Waals surface area contributed by atoms with Crippen LogP contribution in [0.5, 0.6) is 0 Å². The van der Waals surface area contributed by atoms with Gasteiger partial charge in [0.05, 0.1) is 11.1 Å². The number of hydrazine groups is 1. The molecule has 0 bridgehead atoms. The van der Waals surface area contributed by atoms with E-state index in [1.807, 2.05) is 0 Å². The van der Waals surface area contributed by atoms with Crippen LogP contribution in [0, 0.1) is 11.7 Å². The van der Waals surface area contributed by atoms with Crippen molar-refractivity contribution >= 4 is 27.5 Å². The Bertz CT molecular complexity index is 1110. The van der Waals surface area contributed by atoms with Crippen molar-refractivity contribution in [2.24, 2.45) is 5.92 Å². The van der Waals surface area contributed by atoms with Gasteiger partial charge in [0, 0.05) is 43.3 Å². The fraction of sp³-hybridized carbons (Fsp3) is 0.524. The van der Waals surface area contributed by atoms with Crippen molar-refractivity contribution in [3.63, 3.8) is 0 Å². The number of aromatic nitrogens is 2. The summed E-state index contributed by atoms with van der Waals surface area (Å²) in [5.74, 6) is 0.458. The summed E-state index contributed by atoms with van der Waals surface area (Å²) < 4.78 is 41.7. The first-order valence-electron chi connectivity index (χ1n) is 11.1. The van der Waals surface area contributed by atoms with Gasteiger partial charge in [-0.2, -0.15) is 4.98 Å². The van der Waals surface area contributed by atoms with Gasteiger partial charge in [-0.25, -0.2) is 22.5 Å². The first kappa shape index (κ1) is 21.5. The third kappa shape index (κ3) is 3.94. The Morgan fingerprint density at radius 1 is 1.31 bits per heavy atom. The van der Waals surface area contributed by atoms with Crippen molar-refractivity contribution in [1.82, 2.24) is 25.5 Å². The molecule has 172 valence electrons. The Morgan fingerprint density at radius 3 is 3.03 bits per heavy atom.